The lowest BCUT2D eigenvalue weighted by Gasteiger charge is -2.37. The van der Waals surface area contributed by atoms with Crippen LogP contribution in [0.4, 0.5) is 11.4 Å². The van der Waals surface area contributed by atoms with Gasteiger partial charge in [0.2, 0.25) is 5.91 Å². The molecule has 1 atom stereocenters. The van der Waals surface area contributed by atoms with Crippen LogP contribution in [0.5, 0.6) is 0 Å². The molecule has 1 aliphatic carbocycles. The molecule has 0 spiro atoms. The lowest BCUT2D eigenvalue weighted by Crippen LogP contribution is -2.39. The highest BCUT2D eigenvalue weighted by atomic mass is 35.5. The Labute approximate surface area is 206 Å². The molecule has 174 valence electrons. The molecular weight excluding hydrogens is 455 g/mol. The predicted octanol–water partition coefficient (Wildman–Crippen LogP) is 7.72. The highest BCUT2D eigenvalue weighted by Crippen LogP contribution is 2.50. The highest BCUT2D eigenvalue weighted by Gasteiger charge is 2.43. The molecule has 0 radical (unpaired) electrons. The second kappa shape index (κ2) is 9.52. The third-order valence-electron chi connectivity index (χ3n) is 6.44. The largest absolute Gasteiger partial charge is 0.357 e. The lowest BCUT2D eigenvalue weighted by atomic mass is 9.73. The van der Waals surface area contributed by atoms with Crippen molar-refractivity contribution in [1.82, 2.24) is 0 Å². The first-order valence-corrected chi connectivity index (χ1v) is 12.4. The second-order valence-electron chi connectivity index (χ2n) is 9.74. The number of para-hydroxylation sites is 2. The number of rotatable bonds is 5. The first-order chi connectivity index (χ1) is 15.7. The van der Waals surface area contributed by atoms with Crippen molar-refractivity contribution in [2.24, 2.45) is 5.41 Å². The van der Waals surface area contributed by atoms with Crippen LogP contribution in [-0.4, -0.2) is 11.7 Å². The number of Topliss-reactive ketones (excluding diaryl/α,β-unsaturated/α-hetero) is 1. The molecule has 0 aromatic heterocycles. The first kappa shape index (κ1) is 23.8. The van der Waals surface area contributed by atoms with Gasteiger partial charge in [-0.1, -0.05) is 81.1 Å². The molecule has 0 saturated heterocycles. The van der Waals surface area contributed by atoms with Gasteiger partial charge in [-0.15, -0.1) is 0 Å². The summed E-state index contributed by atoms with van der Waals surface area (Å²) in [5.74, 6) is 0.0130. The van der Waals surface area contributed by atoms with Crippen molar-refractivity contribution >= 4 is 46.3 Å². The summed E-state index contributed by atoms with van der Waals surface area (Å²) in [6, 6.07) is 12.5. The minimum Gasteiger partial charge on any atom is -0.357 e. The Kier molecular flexibility index (Phi) is 6.88. The van der Waals surface area contributed by atoms with Crippen LogP contribution in [0.2, 0.25) is 10.0 Å². The Morgan fingerprint density at radius 1 is 1.09 bits per heavy atom. The summed E-state index contributed by atoms with van der Waals surface area (Å²) >= 11 is 13.1. The van der Waals surface area contributed by atoms with Gasteiger partial charge < -0.3 is 5.32 Å². The zero-order valence-electron chi connectivity index (χ0n) is 19.4. The number of nitrogens with zero attached hydrogens (tertiary/aromatic N) is 1. The quantitative estimate of drug-likeness (QED) is 0.441. The number of ketones is 1. The molecule has 2 aromatic rings. The van der Waals surface area contributed by atoms with E-state index in [-0.39, 0.29) is 17.1 Å². The highest BCUT2D eigenvalue weighted by molar-refractivity contribution is 6.42. The fraction of sp³-hybridized carbons (Fsp3) is 0.407. The molecule has 1 heterocycles. The van der Waals surface area contributed by atoms with Crippen molar-refractivity contribution in [2.45, 2.75) is 65.3 Å². The summed E-state index contributed by atoms with van der Waals surface area (Å²) < 4.78 is 0. The van der Waals surface area contributed by atoms with Gasteiger partial charge in [-0.3, -0.25) is 14.5 Å². The molecule has 33 heavy (non-hydrogen) atoms. The molecule has 1 aliphatic heterocycles. The molecule has 4 nitrogen and oxygen atoms in total. The maximum absolute atomic E-state index is 13.8. The SMILES string of the molecule is CCCCCC(=O)N1c2ccccc2NC2=C(C(=O)CC(C)(C)C2)[C@H]1c1cccc(Cl)c1Cl. The van der Waals surface area contributed by atoms with E-state index in [2.05, 4.69) is 26.1 Å². The van der Waals surface area contributed by atoms with Crippen LogP contribution in [0.25, 0.3) is 0 Å². The van der Waals surface area contributed by atoms with E-state index >= 15 is 0 Å². The van der Waals surface area contributed by atoms with Gasteiger partial charge in [-0.05, 0) is 42.0 Å². The number of amides is 1. The summed E-state index contributed by atoms with van der Waals surface area (Å²) in [7, 11) is 0. The molecule has 0 unspecified atom stereocenters. The van der Waals surface area contributed by atoms with E-state index in [4.69, 9.17) is 23.2 Å². The Balaban J connectivity index is 1.97. The molecular formula is C27H30Cl2N2O2. The number of carbonyl (C=O) groups is 2. The molecule has 2 aliphatic rings. The lowest BCUT2D eigenvalue weighted by molar-refractivity contribution is -0.119. The van der Waals surface area contributed by atoms with Crippen LogP contribution in [0.15, 0.2) is 53.7 Å². The van der Waals surface area contributed by atoms with Crippen molar-refractivity contribution in [3.8, 4) is 0 Å². The third-order valence-corrected chi connectivity index (χ3v) is 7.27. The summed E-state index contributed by atoms with van der Waals surface area (Å²) in [5.41, 5.74) is 3.53. The minimum absolute atomic E-state index is 0.0230. The zero-order valence-corrected chi connectivity index (χ0v) is 20.9. The van der Waals surface area contributed by atoms with Crippen LogP contribution in [0, 0.1) is 5.41 Å². The Bertz CT molecular complexity index is 1120. The van der Waals surface area contributed by atoms with Crippen molar-refractivity contribution in [3.63, 3.8) is 0 Å². The Morgan fingerprint density at radius 2 is 1.85 bits per heavy atom. The van der Waals surface area contributed by atoms with E-state index in [1.807, 2.05) is 36.4 Å². The number of hydrogen-bond donors (Lipinski definition) is 1. The fourth-order valence-corrected chi connectivity index (χ4v) is 5.35. The normalized spacial score (nSPS) is 19.5. The van der Waals surface area contributed by atoms with Gasteiger partial charge in [0, 0.05) is 24.1 Å². The minimum atomic E-state index is -0.639. The van der Waals surface area contributed by atoms with Gasteiger partial charge in [0.05, 0.1) is 27.5 Å². The van der Waals surface area contributed by atoms with Crippen molar-refractivity contribution in [1.29, 1.82) is 0 Å². The van der Waals surface area contributed by atoms with E-state index in [9.17, 15) is 9.59 Å². The average molecular weight is 485 g/mol. The first-order valence-electron chi connectivity index (χ1n) is 11.6. The maximum atomic E-state index is 13.8. The van der Waals surface area contributed by atoms with Gasteiger partial charge in [0.15, 0.2) is 5.78 Å². The van der Waals surface area contributed by atoms with Gasteiger partial charge >= 0.3 is 0 Å². The molecule has 0 fully saturated rings. The Morgan fingerprint density at radius 3 is 2.61 bits per heavy atom. The van der Waals surface area contributed by atoms with Crippen LogP contribution in [-0.2, 0) is 9.59 Å². The number of hydrogen-bond acceptors (Lipinski definition) is 3. The monoisotopic (exact) mass is 484 g/mol. The van der Waals surface area contributed by atoms with Crippen LogP contribution in [0.1, 0.15) is 70.9 Å². The molecule has 0 bridgehead atoms. The number of benzene rings is 2. The Hall–Kier alpha value is -2.30. The summed E-state index contributed by atoms with van der Waals surface area (Å²) in [6.07, 6.45) is 4.32. The van der Waals surface area contributed by atoms with Gasteiger partial charge in [0.25, 0.3) is 0 Å². The van der Waals surface area contributed by atoms with Gasteiger partial charge in [-0.2, -0.15) is 0 Å². The van der Waals surface area contributed by atoms with Gasteiger partial charge in [-0.25, -0.2) is 0 Å². The fourth-order valence-electron chi connectivity index (χ4n) is 4.93. The van der Waals surface area contributed by atoms with Crippen LogP contribution < -0.4 is 10.2 Å². The van der Waals surface area contributed by atoms with E-state index < -0.39 is 6.04 Å². The summed E-state index contributed by atoms with van der Waals surface area (Å²) in [4.78, 5) is 29.2. The van der Waals surface area contributed by atoms with Crippen molar-refractivity contribution < 1.29 is 9.59 Å². The second-order valence-corrected chi connectivity index (χ2v) is 10.5. The summed E-state index contributed by atoms with van der Waals surface area (Å²) in [6.45, 7) is 6.31. The van der Waals surface area contributed by atoms with E-state index in [1.165, 1.54) is 0 Å². The number of unbranched alkanes of at least 4 members (excludes halogenated alkanes) is 2. The van der Waals surface area contributed by atoms with Crippen molar-refractivity contribution in [2.75, 3.05) is 10.2 Å². The number of anilines is 2. The molecule has 1 N–H and O–H groups in total. The average Bonchev–Trinajstić information content (AvgIpc) is 2.89. The molecule has 0 saturated carbocycles. The standard InChI is InChI=1S/C27H30Cl2N2O2/c1-4-5-6-14-23(33)31-21-13-8-7-12-19(21)30-20-15-27(2,3)16-22(32)24(20)26(31)17-10-9-11-18(28)25(17)29/h7-13,26,30H,4-6,14-16H2,1-3H3/t26-/m1/s1. The molecule has 2 aromatic carbocycles. The number of allylic oxidation sites excluding steroid dienone is 1. The number of nitrogens with one attached hydrogen (secondary N) is 1. The molecule has 1 amide bonds. The molecule has 6 heteroatoms. The predicted molar refractivity (Wildman–Crippen MR) is 136 cm³/mol. The number of carbonyl (C=O) groups excluding carboxylic acids is 2. The zero-order chi connectivity index (χ0) is 23.8. The maximum Gasteiger partial charge on any atom is 0.227 e. The van der Waals surface area contributed by atoms with E-state index in [0.29, 0.717) is 40.4 Å². The van der Waals surface area contributed by atoms with E-state index in [0.717, 1.165) is 36.3 Å². The smallest absolute Gasteiger partial charge is 0.227 e. The third kappa shape index (κ3) is 4.69. The van der Waals surface area contributed by atoms with Crippen LogP contribution in [0.3, 0.4) is 0 Å². The van der Waals surface area contributed by atoms with E-state index in [1.54, 1.807) is 11.0 Å². The molecule has 4 rings (SSSR count). The number of halogens is 2. The van der Waals surface area contributed by atoms with Crippen molar-refractivity contribution in [3.05, 3.63) is 69.3 Å². The number of fused-ring (bicyclic) bond motifs is 1. The van der Waals surface area contributed by atoms with Gasteiger partial charge in [0.1, 0.15) is 0 Å². The van der Waals surface area contributed by atoms with Crippen LogP contribution >= 0.6 is 23.2 Å². The summed E-state index contributed by atoms with van der Waals surface area (Å²) in [5, 5.41) is 4.30. The topological polar surface area (TPSA) is 49.4 Å².